The first-order valence-electron chi connectivity index (χ1n) is 13.3. The van der Waals surface area contributed by atoms with Crippen LogP contribution in [0.25, 0.3) is 11.1 Å². The average molecular weight is 576 g/mol. The minimum atomic E-state index is -3.79. The van der Waals surface area contributed by atoms with Crippen molar-refractivity contribution in [2.24, 2.45) is 0 Å². The number of rotatable bonds is 10. The average Bonchev–Trinajstić information content (AvgIpc) is 2.91. The molecule has 4 aromatic carbocycles. The van der Waals surface area contributed by atoms with Crippen LogP contribution in [0.15, 0.2) is 89.8 Å². The molecule has 0 saturated heterocycles. The van der Waals surface area contributed by atoms with Crippen LogP contribution in [0.4, 0.5) is 0 Å². The fourth-order valence-electron chi connectivity index (χ4n) is 4.98. The summed E-state index contributed by atoms with van der Waals surface area (Å²) in [5.41, 5.74) is 6.64. The van der Waals surface area contributed by atoms with Gasteiger partial charge in [0.15, 0.2) is 0 Å². The maximum absolute atomic E-state index is 14.1. The van der Waals surface area contributed by atoms with Crippen molar-refractivity contribution >= 4 is 27.6 Å². The highest BCUT2D eigenvalue weighted by atomic mass is 35.5. The molecular weight excluding hydrogens is 542 g/mol. The summed E-state index contributed by atoms with van der Waals surface area (Å²) in [6.45, 7) is 8.29. The molecule has 0 aliphatic carbocycles. The van der Waals surface area contributed by atoms with Crippen LogP contribution < -0.4 is 0 Å². The highest BCUT2D eigenvalue weighted by Crippen LogP contribution is 2.28. The predicted molar refractivity (Wildman–Crippen MR) is 161 cm³/mol. The summed E-state index contributed by atoms with van der Waals surface area (Å²) in [5.74, 6) is -0.358. The third kappa shape index (κ3) is 7.00. The summed E-state index contributed by atoms with van der Waals surface area (Å²) in [6.07, 6.45) is 0.530. The molecule has 0 fully saturated rings. The number of aryl methyl sites for hydroxylation is 3. The van der Waals surface area contributed by atoms with E-state index in [0.29, 0.717) is 35.1 Å². The molecule has 208 valence electrons. The van der Waals surface area contributed by atoms with Gasteiger partial charge in [0.2, 0.25) is 10.0 Å². The third-order valence-corrected chi connectivity index (χ3v) is 9.15. The van der Waals surface area contributed by atoms with Crippen LogP contribution in [-0.4, -0.2) is 31.8 Å². The number of benzene rings is 4. The molecule has 0 aliphatic heterocycles. The molecule has 0 amide bonds. The Morgan fingerprint density at radius 1 is 0.825 bits per heavy atom. The largest absolute Gasteiger partial charge is 0.462 e. The highest BCUT2D eigenvalue weighted by Gasteiger charge is 2.28. The number of esters is 1. The fraction of sp³-hybridized carbons (Fsp3) is 0.242. The van der Waals surface area contributed by atoms with E-state index in [1.165, 1.54) is 0 Å². The van der Waals surface area contributed by atoms with Gasteiger partial charge >= 0.3 is 5.97 Å². The van der Waals surface area contributed by atoms with Crippen molar-refractivity contribution in [1.82, 2.24) is 4.31 Å². The Kier molecular flexibility index (Phi) is 9.46. The standard InChI is InChI=1S/C33H34ClNO4S/c1-5-39-33(36)30-10-7-9-29(21-30)28-14-12-27(13-15-28)22-35(17-16-26-8-6-11-31(34)20-26)40(37,38)32-24(3)18-23(2)19-25(32)4/h6-15,18-21H,5,16-17,22H2,1-4H3. The molecule has 0 aliphatic rings. The van der Waals surface area contributed by atoms with Gasteiger partial charge in [0, 0.05) is 18.1 Å². The minimum absolute atomic E-state index is 0.221. The van der Waals surface area contributed by atoms with Gasteiger partial charge in [0.1, 0.15) is 0 Å². The van der Waals surface area contributed by atoms with E-state index in [0.717, 1.165) is 38.9 Å². The number of halogens is 1. The van der Waals surface area contributed by atoms with Gasteiger partial charge in [-0.15, -0.1) is 0 Å². The molecule has 4 rings (SSSR count). The molecule has 0 spiro atoms. The first-order chi connectivity index (χ1) is 19.1. The second-order valence-electron chi connectivity index (χ2n) is 9.94. The Labute approximate surface area is 242 Å². The quantitative estimate of drug-likeness (QED) is 0.183. The summed E-state index contributed by atoms with van der Waals surface area (Å²) < 4.78 is 34.8. The lowest BCUT2D eigenvalue weighted by molar-refractivity contribution is 0.0526. The minimum Gasteiger partial charge on any atom is -0.462 e. The van der Waals surface area contributed by atoms with Crippen molar-refractivity contribution in [3.8, 4) is 11.1 Å². The zero-order valence-corrected chi connectivity index (χ0v) is 24.9. The lowest BCUT2D eigenvalue weighted by atomic mass is 10.0. The van der Waals surface area contributed by atoms with Crippen LogP contribution in [0.3, 0.4) is 0 Å². The van der Waals surface area contributed by atoms with Crippen molar-refractivity contribution in [2.45, 2.75) is 45.6 Å². The van der Waals surface area contributed by atoms with E-state index < -0.39 is 10.0 Å². The van der Waals surface area contributed by atoms with Crippen molar-refractivity contribution in [3.63, 3.8) is 0 Å². The summed E-state index contributed by atoms with van der Waals surface area (Å²) >= 11 is 6.18. The number of carbonyl (C=O) groups excluding carboxylic acids is 1. The number of nitrogens with zero attached hydrogens (tertiary/aromatic N) is 1. The Morgan fingerprint density at radius 2 is 1.50 bits per heavy atom. The Morgan fingerprint density at radius 3 is 2.15 bits per heavy atom. The van der Waals surface area contributed by atoms with Crippen molar-refractivity contribution in [1.29, 1.82) is 0 Å². The lowest BCUT2D eigenvalue weighted by Crippen LogP contribution is -2.33. The summed E-state index contributed by atoms with van der Waals surface area (Å²) in [7, 11) is -3.79. The van der Waals surface area contributed by atoms with Crippen molar-refractivity contribution < 1.29 is 17.9 Å². The Balaban J connectivity index is 1.63. The SMILES string of the molecule is CCOC(=O)c1cccc(-c2ccc(CN(CCc3cccc(Cl)c3)S(=O)(=O)c3c(C)cc(C)cc3C)cc2)c1. The van der Waals surface area contributed by atoms with Gasteiger partial charge in [0.25, 0.3) is 0 Å². The second-order valence-corrected chi connectivity index (χ2v) is 12.3. The molecule has 0 radical (unpaired) electrons. The van der Waals surface area contributed by atoms with E-state index >= 15 is 0 Å². The van der Waals surface area contributed by atoms with E-state index in [1.54, 1.807) is 23.4 Å². The van der Waals surface area contributed by atoms with Crippen LogP contribution in [0.1, 0.15) is 45.1 Å². The highest BCUT2D eigenvalue weighted by molar-refractivity contribution is 7.89. The van der Waals surface area contributed by atoms with Crippen molar-refractivity contribution in [2.75, 3.05) is 13.2 Å². The Bertz CT molecular complexity index is 1590. The number of hydrogen-bond donors (Lipinski definition) is 0. The maximum Gasteiger partial charge on any atom is 0.338 e. The van der Waals surface area contributed by atoms with Crippen LogP contribution >= 0.6 is 11.6 Å². The zero-order chi connectivity index (χ0) is 28.9. The molecule has 0 unspecified atom stereocenters. The van der Waals surface area contributed by atoms with Gasteiger partial charge in [-0.25, -0.2) is 13.2 Å². The van der Waals surface area contributed by atoms with Gasteiger partial charge in [0.05, 0.1) is 17.1 Å². The van der Waals surface area contributed by atoms with E-state index in [4.69, 9.17) is 16.3 Å². The van der Waals surface area contributed by atoms with Gasteiger partial charge in [-0.05, 0) is 91.8 Å². The van der Waals surface area contributed by atoms with Crippen LogP contribution in [0, 0.1) is 20.8 Å². The summed E-state index contributed by atoms with van der Waals surface area (Å²) in [6, 6.07) is 26.4. The number of sulfonamides is 1. The maximum atomic E-state index is 14.1. The Hall–Kier alpha value is -3.45. The molecule has 7 heteroatoms. The number of carbonyl (C=O) groups is 1. The normalized spacial score (nSPS) is 11.6. The van der Waals surface area contributed by atoms with Crippen LogP contribution in [-0.2, 0) is 27.7 Å². The molecule has 0 N–H and O–H groups in total. The van der Waals surface area contributed by atoms with E-state index in [-0.39, 0.29) is 12.5 Å². The van der Waals surface area contributed by atoms with Crippen molar-refractivity contribution in [3.05, 3.63) is 123 Å². The summed E-state index contributed by atoms with van der Waals surface area (Å²) in [5, 5.41) is 0.625. The first kappa shape index (κ1) is 29.5. The molecule has 0 bridgehead atoms. The second kappa shape index (κ2) is 12.8. The fourth-order valence-corrected chi connectivity index (χ4v) is 7.03. The molecule has 0 heterocycles. The molecule has 0 aromatic heterocycles. The van der Waals surface area contributed by atoms with Gasteiger partial charge in [-0.1, -0.05) is 77.8 Å². The van der Waals surface area contributed by atoms with Crippen LogP contribution in [0.2, 0.25) is 5.02 Å². The summed E-state index contributed by atoms with van der Waals surface area (Å²) in [4.78, 5) is 12.5. The van der Waals surface area contributed by atoms with E-state index in [1.807, 2.05) is 93.6 Å². The zero-order valence-electron chi connectivity index (χ0n) is 23.3. The van der Waals surface area contributed by atoms with E-state index in [9.17, 15) is 13.2 Å². The lowest BCUT2D eigenvalue weighted by Gasteiger charge is -2.25. The monoisotopic (exact) mass is 575 g/mol. The molecule has 4 aromatic rings. The molecule has 0 saturated carbocycles. The topological polar surface area (TPSA) is 63.7 Å². The molecule has 40 heavy (non-hydrogen) atoms. The molecule has 5 nitrogen and oxygen atoms in total. The first-order valence-corrected chi connectivity index (χ1v) is 15.1. The van der Waals surface area contributed by atoms with E-state index in [2.05, 4.69) is 0 Å². The van der Waals surface area contributed by atoms with Gasteiger partial charge in [-0.3, -0.25) is 0 Å². The smallest absolute Gasteiger partial charge is 0.338 e. The molecular formula is C33H34ClNO4S. The number of hydrogen-bond acceptors (Lipinski definition) is 4. The number of ether oxygens (including phenoxy) is 1. The molecule has 0 atom stereocenters. The predicted octanol–water partition coefficient (Wildman–Crippen LogP) is 7.54. The van der Waals surface area contributed by atoms with Gasteiger partial charge in [-0.2, -0.15) is 4.31 Å². The third-order valence-electron chi connectivity index (χ3n) is 6.76. The van der Waals surface area contributed by atoms with Gasteiger partial charge < -0.3 is 4.74 Å². The van der Waals surface area contributed by atoms with Crippen LogP contribution in [0.5, 0.6) is 0 Å².